The van der Waals surface area contributed by atoms with Crippen molar-refractivity contribution in [2.45, 2.75) is 52.5 Å². The number of carbonyl (C=O) groups is 1. The van der Waals surface area contributed by atoms with Crippen molar-refractivity contribution >= 4 is 5.91 Å². The minimum atomic E-state index is -0.163. The number of amides is 1. The molecule has 1 amide bonds. The average molecular weight is 225 g/mol. The first-order valence-corrected chi connectivity index (χ1v) is 6.04. The first kappa shape index (κ1) is 13.2. The smallest absolute Gasteiger partial charge is 0.244 e. The summed E-state index contributed by atoms with van der Waals surface area (Å²) >= 11 is 0. The number of carbonyl (C=O) groups excluding carboxylic acids is 1. The highest BCUT2D eigenvalue weighted by molar-refractivity contribution is 5.88. The van der Waals surface area contributed by atoms with Crippen molar-refractivity contribution < 1.29 is 9.90 Å². The summed E-state index contributed by atoms with van der Waals surface area (Å²) in [7, 11) is 0. The molecule has 92 valence electrons. The van der Waals surface area contributed by atoms with E-state index in [4.69, 9.17) is 5.11 Å². The van der Waals surface area contributed by atoms with E-state index in [2.05, 4.69) is 19.2 Å². The molecule has 1 aliphatic carbocycles. The Balaban J connectivity index is 2.43. The summed E-state index contributed by atoms with van der Waals surface area (Å²) < 4.78 is 0. The summed E-state index contributed by atoms with van der Waals surface area (Å²) in [4.78, 5) is 11.5. The summed E-state index contributed by atoms with van der Waals surface area (Å²) in [6.45, 7) is 6.33. The Labute approximate surface area is 97.9 Å². The molecule has 3 heteroatoms. The maximum Gasteiger partial charge on any atom is 0.244 e. The van der Waals surface area contributed by atoms with Crippen LogP contribution >= 0.6 is 0 Å². The van der Waals surface area contributed by atoms with Crippen LogP contribution in [0, 0.1) is 5.41 Å². The van der Waals surface area contributed by atoms with E-state index >= 15 is 0 Å². The van der Waals surface area contributed by atoms with E-state index in [-0.39, 0.29) is 18.6 Å². The monoisotopic (exact) mass is 225 g/mol. The van der Waals surface area contributed by atoms with E-state index in [0.29, 0.717) is 5.41 Å². The average Bonchev–Trinajstić information content (AvgIpc) is 2.21. The molecule has 0 aromatic rings. The van der Waals surface area contributed by atoms with Gasteiger partial charge in [0.05, 0.1) is 6.61 Å². The molecule has 0 aromatic heterocycles. The summed E-state index contributed by atoms with van der Waals surface area (Å²) in [5.74, 6) is -0.0729. The van der Waals surface area contributed by atoms with Crippen molar-refractivity contribution in [3.05, 3.63) is 11.6 Å². The van der Waals surface area contributed by atoms with Crippen LogP contribution in [0.1, 0.15) is 46.5 Å². The van der Waals surface area contributed by atoms with E-state index < -0.39 is 0 Å². The lowest BCUT2D eigenvalue weighted by Gasteiger charge is -2.30. The van der Waals surface area contributed by atoms with Gasteiger partial charge < -0.3 is 10.4 Å². The third-order valence-electron chi connectivity index (χ3n) is 3.24. The van der Waals surface area contributed by atoms with Gasteiger partial charge in [-0.1, -0.05) is 19.4 Å². The number of rotatable bonds is 3. The number of hydrogen-bond acceptors (Lipinski definition) is 2. The van der Waals surface area contributed by atoms with Crippen LogP contribution in [0.25, 0.3) is 0 Å². The van der Waals surface area contributed by atoms with E-state index in [9.17, 15) is 4.79 Å². The molecule has 0 saturated heterocycles. The first-order valence-electron chi connectivity index (χ1n) is 6.04. The van der Waals surface area contributed by atoms with Gasteiger partial charge in [-0.3, -0.25) is 4.79 Å². The van der Waals surface area contributed by atoms with Gasteiger partial charge in [0.15, 0.2) is 0 Å². The van der Waals surface area contributed by atoms with Gasteiger partial charge in [-0.15, -0.1) is 0 Å². The second kappa shape index (κ2) is 5.48. The van der Waals surface area contributed by atoms with Crippen LogP contribution in [0.4, 0.5) is 0 Å². The Morgan fingerprint density at radius 1 is 1.50 bits per heavy atom. The first-order chi connectivity index (χ1) is 7.43. The molecular weight excluding hydrogens is 202 g/mol. The van der Waals surface area contributed by atoms with Gasteiger partial charge in [0.1, 0.15) is 0 Å². The SMILES string of the molecule is CC(CO)NC(=O)C=C1CCC(C)(C)CC1. The van der Waals surface area contributed by atoms with Crippen molar-refractivity contribution in [3.63, 3.8) is 0 Å². The van der Waals surface area contributed by atoms with Crippen LogP contribution in [-0.2, 0) is 4.79 Å². The molecule has 0 bridgehead atoms. The fourth-order valence-corrected chi connectivity index (χ4v) is 1.91. The van der Waals surface area contributed by atoms with Crippen LogP contribution < -0.4 is 5.32 Å². The van der Waals surface area contributed by atoms with Crippen molar-refractivity contribution in [2.24, 2.45) is 5.41 Å². The van der Waals surface area contributed by atoms with Crippen molar-refractivity contribution in [3.8, 4) is 0 Å². The van der Waals surface area contributed by atoms with Crippen molar-refractivity contribution in [2.75, 3.05) is 6.61 Å². The van der Waals surface area contributed by atoms with Crippen LogP contribution in [0.5, 0.6) is 0 Å². The Kier molecular flexibility index (Phi) is 4.54. The van der Waals surface area contributed by atoms with Gasteiger partial charge in [-0.05, 0) is 38.0 Å². The Morgan fingerprint density at radius 2 is 2.06 bits per heavy atom. The van der Waals surface area contributed by atoms with E-state index in [1.54, 1.807) is 13.0 Å². The maximum atomic E-state index is 11.5. The van der Waals surface area contributed by atoms with Gasteiger partial charge >= 0.3 is 0 Å². The van der Waals surface area contributed by atoms with Gasteiger partial charge in [-0.25, -0.2) is 0 Å². The van der Waals surface area contributed by atoms with Gasteiger partial charge in [0, 0.05) is 12.1 Å². The molecule has 1 saturated carbocycles. The maximum absolute atomic E-state index is 11.5. The second-order valence-corrected chi connectivity index (χ2v) is 5.56. The third kappa shape index (κ3) is 4.35. The zero-order valence-electron chi connectivity index (χ0n) is 10.5. The highest BCUT2D eigenvalue weighted by Crippen LogP contribution is 2.37. The molecule has 0 spiro atoms. The molecule has 16 heavy (non-hydrogen) atoms. The highest BCUT2D eigenvalue weighted by atomic mass is 16.3. The number of hydrogen-bond donors (Lipinski definition) is 2. The molecule has 1 rings (SSSR count). The standard InChI is InChI=1S/C13H23NO2/c1-10(9-15)14-12(16)8-11-4-6-13(2,3)7-5-11/h8,10,15H,4-7,9H2,1-3H3,(H,14,16). The minimum Gasteiger partial charge on any atom is -0.394 e. The Bertz CT molecular complexity index is 270. The summed E-state index contributed by atoms with van der Waals surface area (Å²) in [5.41, 5.74) is 1.66. The summed E-state index contributed by atoms with van der Waals surface area (Å²) in [6, 6.07) is -0.163. The predicted octanol–water partition coefficient (Wildman–Crippen LogP) is 2.01. The van der Waals surface area contributed by atoms with Crippen LogP contribution in [0.15, 0.2) is 11.6 Å². The zero-order chi connectivity index (χ0) is 12.2. The molecule has 0 heterocycles. The molecule has 0 radical (unpaired) electrons. The lowest BCUT2D eigenvalue weighted by molar-refractivity contribution is -0.117. The molecule has 1 unspecified atom stereocenters. The molecule has 1 aliphatic rings. The van der Waals surface area contributed by atoms with E-state index in [1.165, 1.54) is 5.57 Å². The fourth-order valence-electron chi connectivity index (χ4n) is 1.91. The fraction of sp³-hybridized carbons (Fsp3) is 0.769. The summed E-state index contributed by atoms with van der Waals surface area (Å²) in [6.07, 6.45) is 6.06. The van der Waals surface area contributed by atoms with Crippen molar-refractivity contribution in [1.29, 1.82) is 0 Å². The topological polar surface area (TPSA) is 49.3 Å². The van der Waals surface area contributed by atoms with Crippen LogP contribution in [-0.4, -0.2) is 23.7 Å². The number of aliphatic hydroxyl groups excluding tert-OH is 1. The molecule has 1 fully saturated rings. The second-order valence-electron chi connectivity index (χ2n) is 5.56. The molecule has 3 nitrogen and oxygen atoms in total. The molecule has 2 N–H and O–H groups in total. The number of nitrogens with one attached hydrogen (secondary N) is 1. The van der Waals surface area contributed by atoms with Gasteiger partial charge in [0.25, 0.3) is 0 Å². The van der Waals surface area contributed by atoms with E-state index in [1.807, 2.05) is 0 Å². The Morgan fingerprint density at radius 3 is 2.56 bits per heavy atom. The third-order valence-corrected chi connectivity index (χ3v) is 3.24. The van der Waals surface area contributed by atoms with E-state index in [0.717, 1.165) is 25.7 Å². The lowest BCUT2D eigenvalue weighted by Crippen LogP contribution is -2.34. The molecule has 1 atom stereocenters. The quantitative estimate of drug-likeness (QED) is 0.722. The van der Waals surface area contributed by atoms with Crippen molar-refractivity contribution in [1.82, 2.24) is 5.32 Å². The van der Waals surface area contributed by atoms with Crippen LogP contribution in [0.2, 0.25) is 0 Å². The molecular formula is C13H23NO2. The molecule has 0 aliphatic heterocycles. The lowest BCUT2D eigenvalue weighted by atomic mass is 9.75. The largest absolute Gasteiger partial charge is 0.394 e. The zero-order valence-corrected chi connectivity index (χ0v) is 10.5. The number of aliphatic hydroxyl groups is 1. The number of allylic oxidation sites excluding steroid dienone is 1. The predicted molar refractivity (Wildman–Crippen MR) is 65.0 cm³/mol. The van der Waals surface area contributed by atoms with Crippen LogP contribution in [0.3, 0.4) is 0 Å². The summed E-state index contributed by atoms with van der Waals surface area (Å²) in [5, 5.41) is 11.6. The normalized spacial score (nSPS) is 21.4. The highest BCUT2D eigenvalue weighted by Gasteiger charge is 2.23. The van der Waals surface area contributed by atoms with Gasteiger partial charge in [0.2, 0.25) is 5.91 Å². The van der Waals surface area contributed by atoms with Gasteiger partial charge in [-0.2, -0.15) is 0 Å². The minimum absolute atomic E-state index is 0.0120. The Hall–Kier alpha value is -0.830. The molecule has 0 aromatic carbocycles.